The van der Waals surface area contributed by atoms with Crippen LogP contribution < -0.4 is 5.43 Å². The number of hydrogen-bond donors (Lipinski definition) is 2. The highest BCUT2D eigenvalue weighted by Gasteiger charge is 2.22. The summed E-state index contributed by atoms with van der Waals surface area (Å²) in [6, 6.07) is 14.5. The lowest BCUT2D eigenvalue weighted by Gasteiger charge is -2.10. The van der Waals surface area contributed by atoms with Crippen LogP contribution in [0.15, 0.2) is 81.2 Å². The van der Waals surface area contributed by atoms with Crippen molar-refractivity contribution in [2.24, 2.45) is 5.10 Å². The number of aromatic nitrogens is 2. The molecule has 1 atom stereocenters. The molecule has 0 saturated carbocycles. The van der Waals surface area contributed by atoms with Gasteiger partial charge in [-0.1, -0.05) is 24.3 Å². The molecule has 0 aliphatic rings. The van der Waals surface area contributed by atoms with Gasteiger partial charge in [0, 0.05) is 10.8 Å². The first-order valence-electron chi connectivity index (χ1n) is 7.62. The van der Waals surface area contributed by atoms with E-state index in [1.54, 1.807) is 30.5 Å². The molecule has 3 aromatic heterocycles. The summed E-state index contributed by atoms with van der Waals surface area (Å²) in [5.41, 5.74) is 3.14. The Morgan fingerprint density at radius 1 is 1.04 bits per heavy atom. The Morgan fingerprint density at radius 2 is 1.88 bits per heavy atom. The summed E-state index contributed by atoms with van der Waals surface area (Å²) >= 11 is 0. The number of hydrogen-bond acceptors (Lipinski definition) is 7. The van der Waals surface area contributed by atoms with Crippen molar-refractivity contribution in [3.05, 3.63) is 78.8 Å². The van der Waals surface area contributed by atoms with Gasteiger partial charge in [0.15, 0.2) is 17.7 Å². The van der Waals surface area contributed by atoms with Gasteiger partial charge in [-0.3, -0.25) is 5.43 Å². The van der Waals surface area contributed by atoms with Gasteiger partial charge in [-0.25, -0.2) is 0 Å². The molecule has 0 aliphatic carbocycles. The summed E-state index contributed by atoms with van der Waals surface area (Å²) in [6.45, 7) is 0. The summed E-state index contributed by atoms with van der Waals surface area (Å²) in [4.78, 5) is 0. The normalized spacial score (nSPS) is 13.1. The van der Waals surface area contributed by atoms with Gasteiger partial charge in [-0.2, -0.15) is 10.2 Å². The number of benzene rings is 1. The molecule has 0 radical (unpaired) electrons. The van der Waals surface area contributed by atoms with Crippen LogP contribution in [0.4, 0.5) is 5.82 Å². The highest BCUT2D eigenvalue weighted by atomic mass is 16.4. The summed E-state index contributed by atoms with van der Waals surface area (Å²) in [6.07, 6.45) is 3.59. The minimum Gasteiger partial charge on any atom is -0.466 e. The minimum atomic E-state index is -1.09. The van der Waals surface area contributed by atoms with Gasteiger partial charge in [0.05, 0.1) is 18.7 Å². The minimum absolute atomic E-state index is 0.273. The monoisotopic (exact) mass is 334 g/mol. The quantitative estimate of drug-likeness (QED) is 0.429. The fraction of sp³-hybridized carbons (Fsp3) is 0.0556. The van der Waals surface area contributed by atoms with Gasteiger partial charge in [0.2, 0.25) is 0 Å². The third-order valence-corrected chi connectivity index (χ3v) is 3.70. The summed E-state index contributed by atoms with van der Waals surface area (Å²) in [5, 5.41) is 24.7. The maximum absolute atomic E-state index is 10.6. The Kier molecular flexibility index (Phi) is 3.97. The number of nitrogens with one attached hydrogen (secondary N) is 1. The van der Waals surface area contributed by atoms with E-state index in [2.05, 4.69) is 20.7 Å². The highest BCUT2D eigenvalue weighted by molar-refractivity contribution is 6.02. The molecule has 7 heteroatoms. The van der Waals surface area contributed by atoms with E-state index in [4.69, 9.17) is 8.83 Å². The van der Waals surface area contributed by atoms with Crippen LogP contribution in [0.5, 0.6) is 0 Å². The molecule has 0 spiro atoms. The Hall–Kier alpha value is -3.45. The maximum Gasteiger partial charge on any atom is 0.176 e. The van der Waals surface area contributed by atoms with Crippen molar-refractivity contribution in [2.45, 2.75) is 6.10 Å². The smallest absolute Gasteiger partial charge is 0.176 e. The molecule has 2 N–H and O–H groups in total. The first kappa shape index (κ1) is 15.1. The van der Waals surface area contributed by atoms with Crippen LogP contribution in [0.1, 0.15) is 17.6 Å². The number of nitrogens with zero attached hydrogens (tertiary/aromatic N) is 3. The topological polar surface area (TPSA) is 96.7 Å². The van der Waals surface area contributed by atoms with Crippen LogP contribution in [0.25, 0.3) is 10.8 Å². The molecule has 3 heterocycles. The van der Waals surface area contributed by atoms with Gasteiger partial charge in [-0.05, 0) is 24.3 Å². The largest absolute Gasteiger partial charge is 0.466 e. The standard InChI is InChI=1S/C18H14N4O3/c23-17(15-8-4-10-25-15)16(14-7-3-9-24-14)20-22-18-13-6-2-1-5-12(13)11-19-21-18/h1-11,17,23H,(H,21,22)/b20-16-. The van der Waals surface area contributed by atoms with E-state index < -0.39 is 6.10 Å². The summed E-state index contributed by atoms with van der Waals surface area (Å²) in [5.74, 6) is 1.26. The maximum atomic E-state index is 10.6. The predicted octanol–water partition coefficient (Wildman–Crippen LogP) is 3.37. The van der Waals surface area contributed by atoms with Crippen LogP contribution in [0.3, 0.4) is 0 Å². The lowest BCUT2D eigenvalue weighted by atomic mass is 10.1. The summed E-state index contributed by atoms with van der Waals surface area (Å²) < 4.78 is 10.7. The molecule has 0 saturated heterocycles. The SMILES string of the molecule is OC(/C(=N\Nc1nncc2ccccc12)c1ccco1)c1ccco1. The van der Waals surface area contributed by atoms with Crippen molar-refractivity contribution in [2.75, 3.05) is 5.43 Å². The predicted molar refractivity (Wildman–Crippen MR) is 92.1 cm³/mol. The van der Waals surface area contributed by atoms with Crippen molar-refractivity contribution in [1.29, 1.82) is 0 Å². The molecular weight excluding hydrogens is 320 g/mol. The van der Waals surface area contributed by atoms with Gasteiger partial charge < -0.3 is 13.9 Å². The molecule has 25 heavy (non-hydrogen) atoms. The van der Waals surface area contributed by atoms with E-state index in [1.807, 2.05) is 24.3 Å². The number of aliphatic hydroxyl groups is 1. The lowest BCUT2D eigenvalue weighted by Crippen LogP contribution is -2.15. The van der Waals surface area contributed by atoms with E-state index >= 15 is 0 Å². The zero-order valence-corrected chi connectivity index (χ0v) is 13.0. The number of furan rings is 2. The van der Waals surface area contributed by atoms with Crippen LogP contribution >= 0.6 is 0 Å². The molecule has 0 aliphatic heterocycles. The van der Waals surface area contributed by atoms with Crippen molar-refractivity contribution < 1.29 is 13.9 Å². The number of hydrazone groups is 1. The van der Waals surface area contributed by atoms with Gasteiger partial charge in [0.25, 0.3) is 0 Å². The fourth-order valence-corrected chi connectivity index (χ4v) is 2.48. The molecular formula is C18H14N4O3. The molecule has 1 aromatic carbocycles. The van der Waals surface area contributed by atoms with Crippen LogP contribution in [-0.4, -0.2) is 21.0 Å². The average Bonchev–Trinajstić information content (AvgIpc) is 3.36. The van der Waals surface area contributed by atoms with E-state index in [0.717, 1.165) is 10.8 Å². The van der Waals surface area contributed by atoms with Crippen LogP contribution in [0, 0.1) is 0 Å². The molecule has 124 valence electrons. The van der Waals surface area contributed by atoms with Crippen LogP contribution in [-0.2, 0) is 0 Å². The highest BCUT2D eigenvalue weighted by Crippen LogP contribution is 2.22. The zero-order valence-electron chi connectivity index (χ0n) is 13.0. The van der Waals surface area contributed by atoms with E-state index in [0.29, 0.717) is 17.3 Å². The van der Waals surface area contributed by atoms with Crippen molar-refractivity contribution in [3.63, 3.8) is 0 Å². The Labute approximate surface area is 142 Å². The fourth-order valence-electron chi connectivity index (χ4n) is 2.48. The molecule has 0 bridgehead atoms. The Bertz CT molecular complexity index is 989. The van der Waals surface area contributed by atoms with E-state index in [9.17, 15) is 5.11 Å². The third-order valence-electron chi connectivity index (χ3n) is 3.70. The van der Waals surface area contributed by atoms with E-state index in [-0.39, 0.29) is 5.71 Å². The van der Waals surface area contributed by atoms with Gasteiger partial charge in [-0.15, -0.1) is 5.10 Å². The number of rotatable bonds is 5. The summed E-state index contributed by atoms with van der Waals surface area (Å²) in [7, 11) is 0. The number of fused-ring (bicyclic) bond motifs is 1. The lowest BCUT2D eigenvalue weighted by molar-refractivity contribution is 0.213. The second-order valence-corrected chi connectivity index (χ2v) is 5.28. The second kappa shape index (κ2) is 6.58. The zero-order chi connectivity index (χ0) is 17.1. The van der Waals surface area contributed by atoms with Crippen LogP contribution in [0.2, 0.25) is 0 Å². The second-order valence-electron chi connectivity index (χ2n) is 5.28. The molecule has 4 rings (SSSR count). The molecule has 1 unspecified atom stereocenters. The number of anilines is 1. The average molecular weight is 334 g/mol. The Morgan fingerprint density at radius 3 is 2.68 bits per heavy atom. The van der Waals surface area contributed by atoms with Gasteiger partial charge in [0.1, 0.15) is 11.5 Å². The van der Waals surface area contributed by atoms with Crippen molar-refractivity contribution in [3.8, 4) is 0 Å². The number of aliphatic hydroxyl groups excluding tert-OH is 1. The third kappa shape index (κ3) is 3.00. The first-order valence-corrected chi connectivity index (χ1v) is 7.62. The molecule has 7 nitrogen and oxygen atoms in total. The molecule has 0 amide bonds. The van der Waals surface area contributed by atoms with Crippen molar-refractivity contribution >= 4 is 22.3 Å². The Balaban J connectivity index is 1.72. The molecule has 4 aromatic rings. The van der Waals surface area contributed by atoms with Crippen molar-refractivity contribution in [1.82, 2.24) is 10.2 Å². The van der Waals surface area contributed by atoms with Gasteiger partial charge >= 0.3 is 0 Å². The molecule has 0 fully saturated rings. The first-order chi connectivity index (χ1) is 12.3. The van der Waals surface area contributed by atoms with E-state index in [1.165, 1.54) is 12.5 Å².